The maximum Gasteiger partial charge on any atom is 0.106 e. The highest BCUT2D eigenvalue weighted by Gasteiger charge is 2.17. The molecule has 0 bridgehead atoms. The summed E-state index contributed by atoms with van der Waals surface area (Å²) in [4.78, 5) is 4.52. The molecule has 1 heterocycles. The summed E-state index contributed by atoms with van der Waals surface area (Å²) in [5, 5.41) is 13.8. The lowest BCUT2D eigenvalue weighted by Crippen LogP contribution is -2.32. The fourth-order valence-corrected chi connectivity index (χ4v) is 2.43. The summed E-state index contributed by atoms with van der Waals surface area (Å²) >= 11 is 0. The molecule has 2 aromatic rings. The summed E-state index contributed by atoms with van der Waals surface area (Å²) in [5.41, 5.74) is 2.97. The molecule has 0 aliphatic rings. The lowest BCUT2D eigenvalue weighted by atomic mass is 10.0. The average molecular weight is 275 g/mol. The lowest BCUT2D eigenvalue weighted by molar-refractivity contribution is 0.136. The van der Waals surface area contributed by atoms with Crippen molar-refractivity contribution in [3.63, 3.8) is 0 Å². The molecule has 0 aliphatic carbocycles. The number of rotatable bonds is 6. The number of hydrogen-bond acceptors (Lipinski definition) is 3. The van der Waals surface area contributed by atoms with Gasteiger partial charge in [0.05, 0.1) is 17.1 Å². The van der Waals surface area contributed by atoms with Gasteiger partial charge in [-0.3, -0.25) is 0 Å². The van der Waals surface area contributed by atoms with Crippen molar-refractivity contribution in [2.24, 2.45) is 7.05 Å². The van der Waals surface area contributed by atoms with Gasteiger partial charge in [-0.1, -0.05) is 19.4 Å². The molecule has 0 aliphatic heterocycles. The van der Waals surface area contributed by atoms with Gasteiger partial charge in [0, 0.05) is 13.1 Å². The van der Waals surface area contributed by atoms with Gasteiger partial charge in [-0.2, -0.15) is 0 Å². The standard InChI is InChI=1S/C16H25N3O/c1-5-6-9-17-11(2)16(20)13-7-8-15-14(10-13)18-12(3)19(15)4/h7-8,10-11,16-17,20H,5-6,9H2,1-4H3. The Morgan fingerprint density at radius 3 is 2.85 bits per heavy atom. The molecule has 20 heavy (non-hydrogen) atoms. The van der Waals surface area contributed by atoms with Crippen molar-refractivity contribution in [2.45, 2.75) is 45.8 Å². The highest BCUT2D eigenvalue weighted by Crippen LogP contribution is 2.22. The van der Waals surface area contributed by atoms with Gasteiger partial charge in [0.1, 0.15) is 5.82 Å². The van der Waals surface area contributed by atoms with Crippen molar-refractivity contribution >= 4 is 11.0 Å². The number of fused-ring (bicyclic) bond motifs is 1. The van der Waals surface area contributed by atoms with Crippen LogP contribution in [-0.2, 0) is 7.05 Å². The zero-order chi connectivity index (χ0) is 14.7. The zero-order valence-electron chi connectivity index (χ0n) is 12.8. The summed E-state index contributed by atoms with van der Waals surface area (Å²) in [6, 6.07) is 6.06. The van der Waals surface area contributed by atoms with E-state index in [1.807, 2.05) is 39.1 Å². The van der Waals surface area contributed by atoms with Gasteiger partial charge in [-0.15, -0.1) is 0 Å². The third-order valence-electron chi connectivity index (χ3n) is 3.94. The fourth-order valence-electron chi connectivity index (χ4n) is 2.43. The third-order valence-corrected chi connectivity index (χ3v) is 3.94. The maximum atomic E-state index is 10.4. The van der Waals surface area contributed by atoms with Gasteiger partial charge in [0.2, 0.25) is 0 Å². The molecule has 2 N–H and O–H groups in total. The summed E-state index contributed by atoms with van der Waals surface area (Å²) in [6.45, 7) is 7.12. The third kappa shape index (κ3) is 3.02. The van der Waals surface area contributed by atoms with Crippen molar-refractivity contribution in [3.8, 4) is 0 Å². The quantitative estimate of drug-likeness (QED) is 0.797. The number of nitrogens with zero attached hydrogens (tertiary/aromatic N) is 2. The molecule has 0 amide bonds. The first-order chi connectivity index (χ1) is 9.54. The topological polar surface area (TPSA) is 50.1 Å². The molecule has 4 nitrogen and oxygen atoms in total. The predicted octanol–water partition coefficient (Wildman–Crippen LogP) is 2.69. The molecule has 0 saturated carbocycles. The van der Waals surface area contributed by atoms with Crippen molar-refractivity contribution in [1.82, 2.24) is 14.9 Å². The van der Waals surface area contributed by atoms with Crippen molar-refractivity contribution < 1.29 is 5.11 Å². The smallest absolute Gasteiger partial charge is 0.106 e. The largest absolute Gasteiger partial charge is 0.387 e. The molecular formula is C16H25N3O. The highest BCUT2D eigenvalue weighted by atomic mass is 16.3. The molecule has 0 spiro atoms. The Kier molecular flexibility index (Phi) is 4.78. The van der Waals surface area contributed by atoms with Crippen LogP contribution in [0, 0.1) is 6.92 Å². The highest BCUT2D eigenvalue weighted by molar-refractivity contribution is 5.76. The minimum Gasteiger partial charge on any atom is -0.387 e. The number of unbranched alkanes of at least 4 members (excludes halogenated alkanes) is 1. The van der Waals surface area contributed by atoms with E-state index >= 15 is 0 Å². The molecule has 2 rings (SSSR count). The summed E-state index contributed by atoms with van der Waals surface area (Å²) < 4.78 is 2.06. The van der Waals surface area contributed by atoms with Gasteiger partial charge >= 0.3 is 0 Å². The molecule has 2 unspecified atom stereocenters. The number of aliphatic hydroxyl groups excluding tert-OH is 1. The Bertz CT molecular complexity index is 576. The molecule has 0 radical (unpaired) electrons. The average Bonchev–Trinajstić information content (AvgIpc) is 2.73. The van der Waals surface area contributed by atoms with E-state index in [1.54, 1.807) is 0 Å². The first kappa shape index (κ1) is 15.0. The number of aryl methyl sites for hydroxylation is 2. The van der Waals surface area contributed by atoms with Crippen LogP contribution >= 0.6 is 0 Å². The van der Waals surface area contributed by atoms with Crippen LogP contribution in [0.2, 0.25) is 0 Å². The van der Waals surface area contributed by atoms with Crippen LogP contribution in [0.4, 0.5) is 0 Å². The van der Waals surface area contributed by atoms with Gasteiger partial charge in [-0.25, -0.2) is 4.98 Å². The Morgan fingerprint density at radius 1 is 1.40 bits per heavy atom. The van der Waals surface area contributed by atoms with Crippen molar-refractivity contribution in [2.75, 3.05) is 6.54 Å². The van der Waals surface area contributed by atoms with Crippen LogP contribution in [0.3, 0.4) is 0 Å². The second-order valence-electron chi connectivity index (χ2n) is 5.51. The number of imidazole rings is 1. The Morgan fingerprint density at radius 2 is 2.15 bits per heavy atom. The first-order valence-corrected chi connectivity index (χ1v) is 7.39. The van der Waals surface area contributed by atoms with Crippen LogP contribution in [0.15, 0.2) is 18.2 Å². The summed E-state index contributed by atoms with van der Waals surface area (Å²) in [7, 11) is 2.01. The first-order valence-electron chi connectivity index (χ1n) is 7.39. The van der Waals surface area contributed by atoms with E-state index in [0.29, 0.717) is 0 Å². The molecule has 0 fully saturated rings. The van der Waals surface area contributed by atoms with Gasteiger partial charge in [0.15, 0.2) is 0 Å². The van der Waals surface area contributed by atoms with Gasteiger partial charge in [-0.05, 0) is 44.5 Å². The van der Waals surface area contributed by atoms with Crippen LogP contribution in [0.1, 0.15) is 44.2 Å². The number of nitrogens with one attached hydrogen (secondary N) is 1. The van der Waals surface area contributed by atoms with Crippen LogP contribution in [0.25, 0.3) is 11.0 Å². The minimum atomic E-state index is -0.501. The maximum absolute atomic E-state index is 10.4. The van der Waals surface area contributed by atoms with Gasteiger partial charge in [0.25, 0.3) is 0 Å². The van der Waals surface area contributed by atoms with Gasteiger partial charge < -0.3 is 15.0 Å². The lowest BCUT2D eigenvalue weighted by Gasteiger charge is -2.20. The summed E-state index contributed by atoms with van der Waals surface area (Å²) in [6.07, 6.45) is 1.79. The summed E-state index contributed by atoms with van der Waals surface area (Å²) in [5.74, 6) is 0.987. The van der Waals surface area contributed by atoms with Crippen molar-refractivity contribution in [1.29, 1.82) is 0 Å². The Labute approximate surface area is 120 Å². The number of benzene rings is 1. The van der Waals surface area contributed by atoms with E-state index in [4.69, 9.17) is 0 Å². The molecule has 1 aromatic heterocycles. The number of aromatic nitrogens is 2. The molecule has 110 valence electrons. The Balaban J connectivity index is 2.15. The normalized spacial score (nSPS) is 14.7. The second kappa shape index (κ2) is 6.37. The molecule has 2 atom stereocenters. The van der Waals surface area contributed by atoms with E-state index in [9.17, 15) is 5.11 Å². The van der Waals surface area contributed by atoms with E-state index in [1.165, 1.54) is 0 Å². The van der Waals surface area contributed by atoms with E-state index in [2.05, 4.69) is 21.8 Å². The fraction of sp³-hybridized carbons (Fsp3) is 0.562. The molecule has 4 heteroatoms. The Hall–Kier alpha value is -1.39. The van der Waals surface area contributed by atoms with E-state index in [-0.39, 0.29) is 6.04 Å². The molecular weight excluding hydrogens is 250 g/mol. The molecule has 0 saturated heterocycles. The number of aliphatic hydroxyl groups is 1. The number of hydrogen-bond donors (Lipinski definition) is 2. The van der Waals surface area contributed by atoms with E-state index in [0.717, 1.165) is 41.8 Å². The zero-order valence-corrected chi connectivity index (χ0v) is 12.8. The van der Waals surface area contributed by atoms with E-state index < -0.39 is 6.10 Å². The van der Waals surface area contributed by atoms with Crippen LogP contribution in [-0.4, -0.2) is 27.2 Å². The minimum absolute atomic E-state index is 0.0452. The predicted molar refractivity (Wildman–Crippen MR) is 82.8 cm³/mol. The van der Waals surface area contributed by atoms with Crippen LogP contribution in [0.5, 0.6) is 0 Å². The second-order valence-corrected chi connectivity index (χ2v) is 5.51. The SMILES string of the molecule is CCCCNC(C)C(O)c1ccc2c(c1)nc(C)n2C. The van der Waals surface area contributed by atoms with Crippen LogP contribution < -0.4 is 5.32 Å². The molecule has 1 aromatic carbocycles. The van der Waals surface area contributed by atoms with Crippen molar-refractivity contribution in [3.05, 3.63) is 29.6 Å². The monoisotopic (exact) mass is 275 g/mol.